The smallest absolute Gasteiger partial charge is 0.317 e. The van der Waals surface area contributed by atoms with Crippen LogP contribution in [0.2, 0.25) is 0 Å². The van der Waals surface area contributed by atoms with Gasteiger partial charge in [0.2, 0.25) is 5.91 Å². The van der Waals surface area contributed by atoms with Crippen molar-refractivity contribution in [3.8, 4) is 23.0 Å². The molecule has 0 aliphatic rings. The predicted molar refractivity (Wildman–Crippen MR) is 154 cm³/mol. The van der Waals surface area contributed by atoms with Gasteiger partial charge >= 0.3 is 6.01 Å². The third-order valence-electron chi connectivity index (χ3n) is 6.39. The molecule has 1 amide bonds. The van der Waals surface area contributed by atoms with E-state index in [1.807, 2.05) is 49.5 Å². The number of quaternary nitrogens is 1. The maximum absolute atomic E-state index is 12.2. The second-order valence-corrected chi connectivity index (χ2v) is 9.78. The number of rotatable bonds is 11. The molecule has 4 aromatic rings. The fraction of sp³-hybridized carbons (Fsp3) is 0.276. The summed E-state index contributed by atoms with van der Waals surface area (Å²) in [6, 6.07) is 13.8. The Kier molecular flexibility index (Phi) is 8.18. The van der Waals surface area contributed by atoms with Crippen LogP contribution in [-0.4, -0.2) is 66.4 Å². The summed E-state index contributed by atoms with van der Waals surface area (Å²) in [6.45, 7) is 4.49. The van der Waals surface area contributed by atoms with Gasteiger partial charge in [-0.15, -0.1) is 0 Å². The van der Waals surface area contributed by atoms with Gasteiger partial charge in [0.25, 0.3) is 0 Å². The van der Waals surface area contributed by atoms with Gasteiger partial charge in [0.05, 0.1) is 51.4 Å². The van der Waals surface area contributed by atoms with E-state index in [1.165, 1.54) is 6.08 Å². The Morgan fingerprint density at radius 2 is 2.03 bits per heavy atom. The summed E-state index contributed by atoms with van der Waals surface area (Å²) in [7, 11) is 8.61. The number of fused-ring (bicyclic) bond motifs is 1. The maximum atomic E-state index is 12.2. The van der Waals surface area contributed by atoms with Crippen LogP contribution >= 0.6 is 0 Å². The van der Waals surface area contributed by atoms with Crippen molar-refractivity contribution in [2.24, 2.45) is 7.05 Å². The van der Waals surface area contributed by atoms with Crippen LogP contribution in [0.4, 0.5) is 11.4 Å². The Hall–Kier alpha value is -4.41. The molecule has 10 heteroatoms. The normalized spacial score (nSPS) is 11.3. The van der Waals surface area contributed by atoms with Crippen LogP contribution in [0.25, 0.3) is 22.2 Å². The average molecular weight is 531 g/mol. The lowest BCUT2D eigenvalue weighted by Crippen LogP contribution is -2.39. The molecule has 1 N–H and O–H groups in total. The Morgan fingerprint density at radius 3 is 2.74 bits per heavy atom. The highest BCUT2D eigenvalue weighted by Gasteiger charge is 2.18. The predicted octanol–water partition coefficient (Wildman–Crippen LogP) is 4.36. The zero-order valence-corrected chi connectivity index (χ0v) is 23.0. The van der Waals surface area contributed by atoms with Gasteiger partial charge in [-0.05, 0) is 24.3 Å². The highest BCUT2D eigenvalue weighted by atomic mass is 16.5. The number of methoxy groups -OCH3 is 1. The van der Waals surface area contributed by atoms with Crippen LogP contribution in [-0.2, 0) is 18.4 Å². The summed E-state index contributed by atoms with van der Waals surface area (Å²) in [5.74, 6) is 0.210. The number of anilines is 2. The topological polar surface area (TPSA) is 105 Å². The number of hydroxylamine groups is 3. The second-order valence-electron chi connectivity index (χ2n) is 9.78. The molecular weight excluding hydrogens is 496 g/mol. The van der Waals surface area contributed by atoms with Gasteiger partial charge in [-0.1, -0.05) is 24.8 Å². The van der Waals surface area contributed by atoms with Gasteiger partial charge in [-0.25, -0.2) is 4.98 Å². The molecule has 0 bridgehead atoms. The Morgan fingerprint density at radius 1 is 1.26 bits per heavy atom. The van der Waals surface area contributed by atoms with Gasteiger partial charge in [-0.3, -0.25) is 4.79 Å². The molecule has 204 valence electrons. The first-order valence-electron chi connectivity index (χ1n) is 12.5. The van der Waals surface area contributed by atoms with Gasteiger partial charge in [0.1, 0.15) is 12.4 Å². The van der Waals surface area contributed by atoms with E-state index in [0.717, 1.165) is 22.2 Å². The number of para-hydroxylation sites is 1. The van der Waals surface area contributed by atoms with Crippen molar-refractivity contribution in [3.05, 3.63) is 78.3 Å². The number of likely N-dealkylation sites (N-methyl/N-ethyl adjacent to an activating group) is 2. The van der Waals surface area contributed by atoms with Crippen LogP contribution in [0.5, 0.6) is 11.8 Å². The van der Waals surface area contributed by atoms with E-state index in [4.69, 9.17) is 9.47 Å². The number of hydrogen-bond donors (Lipinski definition) is 1. The number of aromatic nitrogens is 3. The molecular formula is C29H34N6O4. The van der Waals surface area contributed by atoms with E-state index in [-0.39, 0.29) is 18.5 Å². The van der Waals surface area contributed by atoms with Gasteiger partial charge in [0.15, 0.2) is 0 Å². The van der Waals surface area contributed by atoms with Crippen LogP contribution in [0.15, 0.2) is 67.5 Å². The minimum atomic E-state index is -0.431. The van der Waals surface area contributed by atoms with Crippen LogP contribution in [0, 0.1) is 5.21 Å². The monoisotopic (exact) mass is 530 g/mol. The van der Waals surface area contributed by atoms with E-state index in [2.05, 4.69) is 38.6 Å². The lowest BCUT2D eigenvalue weighted by Gasteiger charge is -2.36. The summed E-state index contributed by atoms with van der Waals surface area (Å²) >= 11 is 0. The third-order valence-corrected chi connectivity index (χ3v) is 6.39. The number of amides is 1. The molecule has 2 aromatic heterocycles. The van der Waals surface area contributed by atoms with Crippen LogP contribution in [0.3, 0.4) is 0 Å². The summed E-state index contributed by atoms with van der Waals surface area (Å²) in [5.41, 5.74) is 4.78. The number of nitrogens with zero attached hydrogens (tertiary/aromatic N) is 5. The molecule has 2 heterocycles. The molecule has 10 nitrogen and oxygen atoms in total. The molecule has 0 radical (unpaired) electrons. The quantitative estimate of drug-likeness (QED) is 0.175. The molecule has 39 heavy (non-hydrogen) atoms. The number of nitrogens with one attached hydrogen (secondary N) is 1. The van der Waals surface area contributed by atoms with Crippen LogP contribution in [0.1, 0.15) is 5.56 Å². The van der Waals surface area contributed by atoms with Crippen molar-refractivity contribution in [1.82, 2.24) is 14.5 Å². The molecule has 0 spiro atoms. The average Bonchev–Trinajstić information content (AvgIpc) is 3.26. The lowest BCUT2D eigenvalue weighted by atomic mass is 10.1. The van der Waals surface area contributed by atoms with Crippen molar-refractivity contribution in [2.45, 2.75) is 6.61 Å². The lowest BCUT2D eigenvalue weighted by molar-refractivity contribution is -0.838. The van der Waals surface area contributed by atoms with Gasteiger partial charge < -0.3 is 34.1 Å². The first-order valence-corrected chi connectivity index (χ1v) is 12.5. The Bertz CT molecular complexity index is 1490. The van der Waals surface area contributed by atoms with Crippen molar-refractivity contribution < 1.29 is 18.9 Å². The fourth-order valence-electron chi connectivity index (χ4n) is 4.28. The molecule has 0 unspecified atom stereocenters. The Labute approximate surface area is 228 Å². The second kappa shape index (κ2) is 11.5. The van der Waals surface area contributed by atoms with Crippen molar-refractivity contribution in [2.75, 3.05) is 51.6 Å². The molecule has 2 aromatic carbocycles. The summed E-state index contributed by atoms with van der Waals surface area (Å²) in [6.07, 6.45) is 4.91. The highest BCUT2D eigenvalue weighted by molar-refractivity contribution is 6.01. The summed E-state index contributed by atoms with van der Waals surface area (Å²) < 4.78 is 13.3. The summed E-state index contributed by atoms with van der Waals surface area (Å²) in [4.78, 5) is 23.0. The zero-order valence-electron chi connectivity index (χ0n) is 23.0. The van der Waals surface area contributed by atoms with Crippen molar-refractivity contribution in [1.29, 1.82) is 0 Å². The number of ether oxygens (including phenoxy) is 2. The number of aryl methyl sites for hydroxylation is 1. The minimum Gasteiger partial charge on any atom is -0.633 e. The minimum absolute atomic E-state index is 0.105. The van der Waals surface area contributed by atoms with E-state index in [9.17, 15) is 10.0 Å². The van der Waals surface area contributed by atoms with Crippen molar-refractivity contribution in [3.63, 3.8) is 0 Å². The van der Waals surface area contributed by atoms with Gasteiger partial charge in [-0.2, -0.15) is 4.98 Å². The zero-order chi connectivity index (χ0) is 28.2. The van der Waals surface area contributed by atoms with E-state index < -0.39 is 4.65 Å². The van der Waals surface area contributed by atoms with Gasteiger partial charge in [0, 0.05) is 54.6 Å². The van der Waals surface area contributed by atoms with Crippen molar-refractivity contribution >= 4 is 28.2 Å². The number of carbonyl (C=O) groups is 1. The molecule has 0 saturated carbocycles. The third kappa shape index (κ3) is 6.54. The fourth-order valence-corrected chi connectivity index (χ4v) is 4.28. The first kappa shape index (κ1) is 27.6. The molecule has 0 atom stereocenters. The highest BCUT2D eigenvalue weighted by Crippen LogP contribution is 2.35. The number of hydrogen-bond acceptors (Lipinski definition) is 7. The standard InChI is InChI=1S/C29H34N6O4/c1-7-28(36)31-24-16-20(27(38-6)17-26(24)33(2)14-15-35(4,5)37)19-39-29-30-13-12-23(32-29)22-18-34(3)25-11-9-8-10-21(22)25/h7-13,16-18H,1,14-15,19H2,2-6H3,(H,31,36). The summed E-state index contributed by atoms with van der Waals surface area (Å²) in [5, 5.41) is 16.0. The number of carbonyl (C=O) groups excluding carboxylic acids is 1. The largest absolute Gasteiger partial charge is 0.633 e. The number of benzene rings is 2. The SMILES string of the molecule is C=CC(=O)Nc1cc(COc2nccc(-c3cn(C)c4ccccc34)n2)c(OC)cc1N(C)CC[N+](C)(C)[O-]. The first-order chi connectivity index (χ1) is 18.6. The molecule has 0 fully saturated rings. The van der Waals surface area contributed by atoms with E-state index >= 15 is 0 Å². The molecule has 0 aliphatic heterocycles. The maximum Gasteiger partial charge on any atom is 0.317 e. The molecule has 4 rings (SSSR count). The van der Waals surface area contributed by atoms with E-state index in [0.29, 0.717) is 35.8 Å². The molecule has 0 saturated heterocycles. The van der Waals surface area contributed by atoms with Crippen LogP contribution < -0.4 is 19.7 Å². The molecule has 0 aliphatic carbocycles. The Balaban J connectivity index is 1.61. The van der Waals surface area contributed by atoms with E-state index in [1.54, 1.807) is 33.5 Å².